The van der Waals surface area contributed by atoms with Crippen LogP contribution in [0.4, 0.5) is 26.3 Å². The van der Waals surface area contributed by atoms with E-state index in [2.05, 4.69) is 4.98 Å². The van der Waals surface area contributed by atoms with Crippen molar-refractivity contribution >= 4 is 0 Å². The second kappa shape index (κ2) is 6.41. The summed E-state index contributed by atoms with van der Waals surface area (Å²) in [6, 6.07) is 1.92. The Hall–Kier alpha value is -2.52. The van der Waals surface area contributed by atoms with Gasteiger partial charge in [-0.05, 0) is 18.1 Å². The predicted octanol–water partition coefficient (Wildman–Crippen LogP) is 3.18. The number of rotatable bonds is 3. The fourth-order valence-electron chi connectivity index (χ4n) is 2.42. The zero-order valence-corrected chi connectivity index (χ0v) is 12.8. The number of hydrogen-bond donors (Lipinski definition) is 1. The molecule has 0 aliphatic rings. The molecular formula is C15H12F6N2O2. The molecule has 1 aromatic heterocycles. The van der Waals surface area contributed by atoms with Crippen molar-refractivity contribution in [2.45, 2.75) is 32.2 Å². The normalized spacial score (nSPS) is 12.4. The summed E-state index contributed by atoms with van der Waals surface area (Å²) < 4.78 is 78.9. The number of aryl methyl sites for hydroxylation is 1. The van der Waals surface area contributed by atoms with Crippen LogP contribution < -0.4 is 11.2 Å². The number of halogens is 6. The molecule has 4 nitrogen and oxygen atoms in total. The molecule has 0 bridgehead atoms. The molecule has 10 heteroatoms. The predicted molar refractivity (Wildman–Crippen MR) is 76.2 cm³/mol. The van der Waals surface area contributed by atoms with Crippen molar-refractivity contribution in [3.05, 3.63) is 67.5 Å². The van der Waals surface area contributed by atoms with E-state index in [1.54, 1.807) is 6.92 Å². The molecular weight excluding hydrogens is 354 g/mol. The third-order valence-electron chi connectivity index (χ3n) is 3.58. The highest BCUT2D eigenvalue weighted by Gasteiger charge is 2.44. The first-order valence-corrected chi connectivity index (χ1v) is 7.04. The van der Waals surface area contributed by atoms with Gasteiger partial charge >= 0.3 is 18.0 Å². The smallest absolute Gasteiger partial charge is 0.314 e. The molecule has 0 aliphatic heterocycles. The van der Waals surface area contributed by atoms with Crippen molar-refractivity contribution in [1.29, 1.82) is 0 Å². The van der Waals surface area contributed by atoms with Gasteiger partial charge in [0.2, 0.25) is 0 Å². The molecule has 0 fully saturated rings. The van der Waals surface area contributed by atoms with Gasteiger partial charge in [-0.15, -0.1) is 0 Å². The van der Waals surface area contributed by atoms with Gasteiger partial charge in [0.1, 0.15) is 0 Å². The number of H-pyrrole nitrogens is 1. The van der Waals surface area contributed by atoms with E-state index in [1.807, 2.05) is 0 Å². The first-order valence-electron chi connectivity index (χ1n) is 7.04. The molecule has 0 spiro atoms. The van der Waals surface area contributed by atoms with Crippen LogP contribution in [0.2, 0.25) is 0 Å². The Morgan fingerprint density at radius 3 is 2.16 bits per heavy atom. The lowest BCUT2D eigenvalue weighted by Gasteiger charge is -2.19. The molecule has 0 saturated carbocycles. The van der Waals surface area contributed by atoms with Crippen LogP contribution in [-0.4, -0.2) is 9.55 Å². The summed E-state index contributed by atoms with van der Waals surface area (Å²) in [6.07, 6.45) is -9.22. The van der Waals surface area contributed by atoms with Crippen LogP contribution in [0.5, 0.6) is 0 Å². The lowest BCUT2D eigenvalue weighted by atomic mass is 9.99. The molecule has 0 saturated heterocycles. The standard InChI is InChI=1S/C15H12F6N2O2/c1-2-8-6-22-13(25)23(12(8)24)7-9-4-3-5-10(14(16,17)18)11(9)15(19,20)21/h3-6H,2,7H2,1H3,(H,22,25). The SMILES string of the molecule is CCc1c[nH]c(=O)n(Cc2cccc(C(F)(F)F)c2C(F)(F)F)c1=O. The minimum absolute atomic E-state index is 0.125. The summed E-state index contributed by atoms with van der Waals surface area (Å²) >= 11 is 0. The molecule has 1 heterocycles. The average Bonchev–Trinajstić information content (AvgIpc) is 2.49. The van der Waals surface area contributed by atoms with Crippen LogP contribution in [0.15, 0.2) is 34.0 Å². The van der Waals surface area contributed by atoms with Crippen LogP contribution in [0.25, 0.3) is 0 Å². The molecule has 1 N–H and O–H groups in total. The molecule has 2 aromatic rings. The third kappa shape index (κ3) is 3.77. The van der Waals surface area contributed by atoms with Crippen LogP contribution in [0, 0.1) is 0 Å². The van der Waals surface area contributed by atoms with Crippen molar-refractivity contribution in [1.82, 2.24) is 9.55 Å². The Morgan fingerprint density at radius 1 is 1.00 bits per heavy atom. The Balaban J connectivity index is 2.71. The molecule has 136 valence electrons. The van der Waals surface area contributed by atoms with Crippen LogP contribution in [0.3, 0.4) is 0 Å². The van der Waals surface area contributed by atoms with E-state index >= 15 is 0 Å². The summed E-state index contributed by atoms with van der Waals surface area (Å²) in [4.78, 5) is 26.1. The quantitative estimate of drug-likeness (QED) is 0.849. The summed E-state index contributed by atoms with van der Waals surface area (Å²) in [5.74, 6) is 0. The summed E-state index contributed by atoms with van der Waals surface area (Å²) in [5, 5.41) is 0. The van der Waals surface area contributed by atoms with Gasteiger partial charge < -0.3 is 4.98 Å². The summed E-state index contributed by atoms with van der Waals surface area (Å²) in [5.41, 5.74) is -6.32. The second-order valence-electron chi connectivity index (χ2n) is 5.20. The van der Waals surface area contributed by atoms with Gasteiger partial charge in [0.25, 0.3) is 5.56 Å². The Labute approximate surface area is 136 Å². The third-order valence-corrected chi connectivity index (χ3v) is 3.58. The van der Waals surface area contributed by atoms with Gasteiger partial charge in [-0.25, -0.2) is 4.79 Å². The fourth-order valence-corrected chi connectivity index (χ4v) is 2.42. The minimum Gasteiger partial charge on any atom is -0.314 e. The van der Waals surface area contributed by atoms with Crippen molar-refractivity contribution < 1.29 is 26.3 Å². The van der Waals surface area contributed by atoms with Crippen molar-refractivity contribution in [2.75, 3.05) is 0 Å². The van der Waals surface area contributed by atoms with Gasteiger partial charge in [-0.2, -0.15) is 26.3 Å². The van der Waals surface area contributed by atoms with Gasteiger partial charge in [-0.3, -0.25) is 9.36 Å². The first kappa shape index (κ1) is 18.8. The van der Waals surface area contributed by atoms with E-state index in [1.165, 1.54) is 0 Å². The number of nitrogens with zero attached hydrogens (tertiary/aromatic N) is 1. The number of benzene rings is 1. The van der Waals surface area contributed by atoms with Gasteiger partial charge in [0, 0.05) is 11.8 Å². The zero-order valence-electron chi connectivity index (χ0n) is 12.8. The molecule has 2 rings (SSSR count). The van der Waals surface area contributed by atoms with Gasteiger partial charge in [-0.1, -0.05) is 19.1 Å². The number of aromatic amines is 1. The van der Waals surface area contributed by atoms with Crippen LogP contribution in [0.1, 0.15) is 29.2 Å². The first-order chi connectivity index (χ1) is 11.5. The zero-order chi connectivity index (χ0) is 19.0. The van der Waals surface area contributed by atoms with Gasteiger partial charge in [0.15, 0.2) is 0 Å². The summed E-state index contributed by atoms with van der Waals surface area (Å²) in [7, 11) is 0. The van der Waals surface area contributed by atoms with Crippen molar-refractivity contribution in [3.8, 4) is 0 Å². The summed E-state index contributed by atoms with van der Waals surface area (Å²) in [6.45, 7) is 0.658. The van der Waals surface area contributed by atoms with E-state index in [0.29, 0.717) is 10.6 Å². The van der Waals surface area contributed by atoms with E-state index in [0.717, 1.165) is 18.3 Å². The number of aromatic nitrogens is 2. The van der Waals surface area contributed by atoms with Crippen molar-refractivity contribution in [2.24, 2.45) is 0 Å². The Morgan fingerprint density at radius 2 is 1.64 bits per heavy atom. The molecule has 0 aliphatic carbocycles. The minimum atomic E-state index is -5.31. The van der Waals surface area contributed by atoms with E-state index in [-0.39, 0.29) is 12.0 Å². The number of alkyl halides is 6. The number of hydrogen-bond acceptors (Lipinski definition) is 2. The lowest BCUT2D eigenvalue weighted by molar-refractivity contribution is -0.162. The van der Waals surface area contributed by atoms with Crippen LogP contribution in [-0.2, 0) is 25.3 Å². The number of nitrogens with one attached hydrogen (secondary N) is 1. The van der Waals surface area contributed by atoms with Gasteiger partial charge in [0.05, 0.1) is 17.7 Å². The molecule has 0 amide bonds. The maximum Gasteiger partial charge on any atom is 0.417 e. The van der Waals surface area contributed by atoms with Crippen molar-refractivity contribution in [3.63, 3.8) is 0 Å². The monoisotopic (exact) mass is 366 g/mol. The molecule has 0 atom stereocenters. The second-order valence-corrected chi connectivity index (χ2v) is 5.20. The highest BCUT2D eigenvalue weighted by atomic mass is 19.4. The van der Waals surface area contributed by atoms with Crippen LogP contribution >= 0.6 is 0 Å². The lowest BCUT2D eigenvalue weighted by Crippen LogP contribution is -2.37. The van der Waals surface area contributed by atoms with E-state index in [9.17, 15) is 35.9 Å². The molecule has 25 heavy (non-hydrogen) atoms. The van der Waals surface area contributed by atoms with E-state index < -0.39 is 46.8 Å². The fraction of sp³-hybridized carbons (Fsp3) is 0.333. The Bertz CT molecular complexity index is 893. The maximum atomic E-state index is 13.2. The van der Waals surface area contributed by atoms with E-state index in [4.69, 9.17) is 0 Å². The highest BCUT2D eigenvalue weighted by Crippen LogP contribution is 2.42. The molecule has 0 radical (unpaired) electrons. The average molecular weight is 366 g/mol. The highest BCUT2D eigenvalue weighted by molar-refractivity contribution is 5.39. The molecule has 0 unspecified atom stereocenters. The molecule has 1 aromatic carbocycles. The maximum absolute atomic E-state index is 13.2. The Kier molecular flexibility index (Phi) is 4.83. The topological polar surface area (TPSA) is 54.9 Å². The largest absolute Gasteiger partial charge is 0.417 e.